The van der Waals surface area contributed by atoms with E-state index in [1.54, 1.807) is 12.0 Å². The molecule has 1 unspecified atom stereocenters. The summed E-state index contributed by atoms with van der Waals surface area (Å²) in [5.74, 6) is 0.699. The molecule has 1 atom stereocenters. The first-order valence-corrected chi connectivity index (χ1v) is 12.9. The van der Waals surface area contributed by atoms with Crippen molar-refractivity contribution >= 4 is 39.3 Å². The molecule has 2 aromatic carbocycles. The van der Waals surface area contributed by atoms with Gasteiger partial charge in [0, 0.05) is 37.3 Å². The van der Waals surface area contributed by atoms with Crippen LogP contribution in [-0.2, 0) is 9.53 Å². The lowest BCUT2D eigenvalue weighted by Gasteiger charge is -2.39. The quantitative estimate of drug-likeness (QED) is 0.454. The highest BCUT2D eigenvalue weighted by atomic mass is 79.9. The molecule has 5 rings (SSSR count). The number of anilines is 1. The molecule has 3 amide bonds. The van der Waals surface area contributed by atoms with E-state index in [9.17, 15) is 9.59 Å². The molecule has 3 aliphatic rings. The molecule has 3 aliphatic heterocycles. The van der Waals surface area contributed by atoms with Gasteiger partial charge in [0.15, 0.2) is 0 Å². The van der Waals surface area contributed by atoms with Gasteiger partial charge in [-0.15, -0.1) is 0 Å². The number of halogens is 1. The van der Waals surface area contributed by atoms with Crippen molar-refractivity contribution in [3.05, 3.63) is 63.6 Å². The van der Waals surface area contributed by atoms with Crippen LogP contribution in [0.25, 0.3) is 5.70 Å². The number of hydrogen-bond donors (Lipinski definition) is 3. The fraction of sp³-hybridized carbons (Fsp3) is 0.385. The van der Waals surface area contributed by atoms with E-state index < -0.39 is 0 Å². The van der Waals surface area contributed by atoms with Crippen LogP contribution in [0.5, 0.6) is 5.75 Å². The minimum absolute atomic E-state index is 0.0115. The van der Waals surface area contributed by atoms with Gasteiger partial charge in [-0.05, 0) is 39.7 Å². The normalized spacial score (nSPS) is 19.8. The highest BCUT2D eigenvalue weighted by Gasteiger charge is 2.36. The number of methoxy groups -OCH3 is 1. The van der Waals surface area contributed by atoms with Gasteiger partial charge in [0.25, 0.3) is 0 Å². The summed E-state index contributed by atoms with van der Waals surface area (Å²) in [7, 11) is 1.61. The lowest BCUT2D eigenvalue weighted by Crippen LogP contribution is -2.50. The van der Waals surface area contributed by atoms with E-state index in [1.165, 1.54) is 0 Å². The number of nitrogens with one attached hydrogen (secondary N) is 3. The van der Waals surface area contributed by atoms with Crippen LogP contribution in [0.3, 0.4) is 0 Å². The lowest BCUT2D eigenvalue weighted by molar-refractivity contribution is -0.117. The van der Waals surface area contributed by atoms with Gasteiger partial charge in [-0.2, -0.15) is 0 Å². The molecule has 9 nitrogen and oxygen atoms in total. The summed E-state index contributed by atoms with van der Waals surface area (Å²) >= 11 is 3.55. The average molecular weight is 556 g/mol. The third-order valence-corrected chi connectivity index (χ3v) is 7.39. The van der Waals surface area contributed by atoms with Crippen molar-refractivity contribution < 1.29 is 19.1 Å². The van der Waals surface area contributed by atoms with Crippen LogP contribution in [0.1, 0.15) is 17.2 Å². The number of nitrogens with zero attached hydrogens (tertiary/aromatic N) is 2. The molecule has 36 heavy (non-hydrogen) atoms. The second kappa shape index (κ2) is 11.0. The molecular weight excluding hydrogens is 526 g/mol. The standard InChI is InChI=1S/C26H30BrN5O4/c1-35-22-7-6-17(14-20(22)27)24-19-16-32(23(33)15-28-8-9-31-10-12-36-13-11-31)21-5-3-2-4-18(21)25(19)30-26(34)29-24/h2-7,14,24,28H,8-13,15-16H2,1H3,(H2,29,30,34). The fourth-order valence-corrected chi connectivity index (χ4v) is 5.46. The zero-order valence-corrected chi connectivity index (χ0v) is 21.8. The number of rotatable bonds is 7. The minimum atomic E-state index is -0.381. The number of ether oxygens (including phenoxy) is 2. The van der Waals surface area contributed by atoms with Crippen molar-refractivity contribution in [2.45, 2.75) is 6.04 Å². The topological polar surface area (TPSA) is 95.2 Å². The number of amides is 3. The number of urea groups is 1. The second-order valence-electron chi connectivity index (χ2n) is 8.95. The maximum Gasteiger partial charge on any atom is 0.320 e. The third kappa shape index (κ3) is 5.12. The van der Waals surface area contributed by atoms with E-state index in [0.29, 0.717) is 12.3 Å². The Morgan fingerprint density at radius 1 is 1.22 bits per heavy atom. The Bertz CT molecular complexity index is 1180. The monoisotopic (exact) mass is 555 g/mol. The van der Waals surface area contributed by atoms with Gasteiger partial charge in [0.1, 0.15) is 5.75 Å². The van der Waals surface area contributed by atoms with Crippen molar-refractivity contribution in [1.29, 1.82) is 0 Å². The summed E-state index contributed by atoms with van der Waals surface area (Å²) in [6, 6.07) is 12.8. The zero-order valence-electron chi connectivity index (χ0n) is 20.2. The van der Waals surface area contributed by atoms with Gasteiger partial charge < -0.3 is 30.3 Å². The van der Waals surface area contributed by atoms with Crippen molar-refractivity contribution in [3.63, 3.8) is 0 Å². The van der Waals surface area contributed by atoms with Gasteiger partial charge in [-0.3, -0.25) is 9.69 Å². The Balaban J connectivity index is 1.37. The van der Waals surface area contributed by atoms with Crippen molar-refractivity contribution in [2.75, 3.05) is 64.5 Å². The van der Waals surface area contributed by atoms with Gasteiger partial charge >= 0.3 is 6.03 Å². The van der Waals surface area contributed by atoms with E-state index in [1.807, 2.05) is 42.5 Å². The van der Waals surface area contributed by atoms with Crippen LogP contribution in [0.2, 0.25) is 0 Å². The predicted molar refractivity (Wildman–Crippen MR) is 141 cm³/mol. The minimum Gasteiger partial charge on any atom is -0.496 e. The van der Waals surface area contributed by atoms with Crippen LogP contribution < -0.4 is 25.6 Å². The predicted octanol–water partition coefficient (Wildman–Crippen LogP) is 2.49. The van der Waals surface area contributed by atoms with E-state index in [0.717, 1.165) is 71.9 Å². The Morgan fingerprint density at radius 3 is 2.81 bits per heavy atom. The third-order valence-electron chi connectivity index (χ3n) is 6.77. The molecule has 0 bridgehead atoms. The summed E-state index contributed by atoms with van der Waals surface area (Å²) in [5, 5.41) is 9.33. The molecule has 0 spiro atoms. The fourth-order valence-electron chi connectivity index (χ4n) is 4.90. The molecule has 190 valence electrons. The molecule has 0 saturated carbocycles. The van der Waals surface area contributed by atoms with Crippen LogP contribution in [0.4, 0.5) is 10.5 Å². The first-order valence-electron chi connectivity index (χ1n) is 12.1. The van der Waals surface area contributed by atoms with Gasteiger partial charge in [0.05, 0.1) is 55.3 Å². The summed E-state index contributed by atoms with van der Waals surface area (Å²) < 4.78 is 11.6. The largest absolute Gasteiger partial charge is 0.496 e. The number of carbonyl (C=O) groups excluding carboxylic acids is 2. The number of carbonyl (C=O) groups is 2. The Labute approximate surface area is 218 Å². The van der Waals surface area contributed by atoms with Crippen LogP contribution in [-0.4, -0.2) is 76.4 Å². The van der Waals surface area contributed by atoms with E-state index in [2.05, 4.69) is 36.8 Å². The maximum absolute atomic E-state index is 13.4. The zero-order chi connectivity index (χ0) is 25.1. The molecule has 10 heteroatoms. The first kappa shape index (κ1) is 24.8. The molecule has 1 saturated heterocycles. The van der Waals surface area contributed by atoms with Crippen molar-refractivity contribution in [1.82, 2.24) is 20.9 Å². The number of benzene rings is 2. The molecule has 0 aliphatic carbocycles. The number of hydrogen-bond acceptors (Lipinski definition) is 6. The molecular formula is C26H30BrN5O4. The second-order valence-corrected chi connectivity index (χ2v) is 9.81. The Morgan fingerprint density at radius 2 is 2.03 bits per heavy atom. The summed E-state index contributed by atoms with van der Waals surface area (Å²) in [5.41, 5.74) is 4.24. The SMILES string of the molecule is COc1ccc(C2NC(=O)NC3=C2CN(C(=O)CNCCN2CCOCC2)c2ccccc23)cc1Br. The maximum atomic E-state index is 13.4. The van der Waals surface area contributed by atoms with Gasteiger partial charge in [-0.1, -0.05) is 24.3 Å². The van der Waals surface area contributed by atoms with Gasteiger partial charge in [0.2, 0.25) is 5.91 Å². The lowest BCUT2D eigenvalue weighted by atomic mass is 9.88. The molecule has 1 fully saturated rings. The highest BCUT2D eigenvalue weighted by molar-refractivity contribution is 9.10. The highest BCUT2D eigenvalue weighted by Crippen LogP contribution is 2.41. The van der Waals surface area contributed by atoms with Crippen LogP contribution in [0, 0.1) is 0 Å². The first-order chi connectivity index (χ1) is 17.5. The number of fused-ring (bicyclic) bond motifs is 2. The van der Waals surface area contributed by atoms with E-state index in [4.69, 9.17) is 9.47 Å². The molecule has 0 aromatic heterocycles. The Kier molecular flexibility index (Phi) is 7.56. The smallest absolute Gasteiger partial charge is 0.320 e. The summed E-state index contributed by atoms with van der Waals surface area (Å²) in [6.45, 7) is 5.59. The molecule has 0 radical (unpaired) electrons. The van der Waals surface area contributed by atoms with E-state index in [-0.39, 0.29) is 24.5 Å². The van der Waals surface area contributed by atoms with Gasteiger partial charge in [-0.25, -0.2) is 4.79 Å². The number of para-hydroxylation sites is 1. The van der Waals surface area contributed by atoms with E-state index >= 15 is 0 Å². The average Bonchev–Trinajstić information content (AvgIpc) is 2.90. The molecule has 2 aromatic rings. The Hall–Kier alpha value is -2.92. The number of morpholine rings is 1. The van der Waals surface area contributed by atoms with Crippen molar-refractivity contribution in [2.24, 2.45) is 0 Å². The van der Waals surface area contributed by atoms with Crippen LogP contribution in [0.15, 0.2) is 52.5 Å². The molecule has 3 heterocycles. The molecule has 3 N–H and O–H groups in total. The van der Waals surface area contributed by atoms with Crippen molar-refractivity contribution in [3.8, 4) is 5.75 Å². The van der Waals surface area contributed by atoms with Crippen LogP contribution >= 0.6 is 15.9 Å². The summed E-state index contributed by atoms with van der Waals surface area (Å²) in [6.07, 6.45) is 0. The summed E-state index contributed by atoms with van der Waals surface area (Å²) in [4.78, 5) is 30.2.